The van der Waals surface area contributed by atoms with E-state index in [2.05, 4.69) is 15.9 Å². The smallest absolute Gasteiger partial charge is 0.253 e. The molecule has 0 aliphatic heterocycles. The summed E-state index contributed by atoms with van der Waals surface area (Å²) in [6.07, 6.45) is 3.83. The van der Waals surface area contributed by atoms with Crippen molar-refractivity contribution in [3.8, 4) is 0 Å². The van der Waals surface area contributed by atoms with Crippen molar-refractivity contribution in [2.45, 2.75) is 26.2 Å². The first kappa shape index (κ1) is 13.4. The van der Waals surface area contributed by atoms with E-state index in [0.717, 1.165) is 17.6 Å². The van der Waals surface area contributed by atoms with Crippen molar-refractivity contribution in [2.24, 2.45) is 5.92 Å². The number of carbonyl (C=O) groups is 1. The second-order valence-corrected chi connectivity index (χ2v) is 5.73. The number of hydrogen-bond donors (Lipinski definition) is 1. The highest BCUT2D eigenvalue weighted by Crippen LogP contribution is 2.28. The summed E-state index contributed by atoms with van der Waals surface area (Å²) in [5.74, 6) is 0.802. The highest BCUT2D eigenvalue weighted by atomic mass is 79.9. The Morgan fingerprint density at radius 2 is 2.22 bits per heavy atom. The normalized spacial score (nSPS) is 15.2. The Hall–Kier alpha value is -1.03. The molecule has 0 saturated heterocycles. The first-order valence-electron chi connectivity index (χ1n) is 6.46. The molecule has 0 radical (unpaired) electrons. The minimum atomic E-state index is 0.102. The van der Waals surface area contributed by atoms with E-state index >= 15 is 0 Å². The van der Waals surface area contributed by atoms with E-state index in [1.165, 1.54) is 19.3 Å². The van der Waals surface area contributed by atoms with Crippen LogP contribution < -0.4 is 5.73 Å². The molecule has 1 amide bonds. The van der Waals surface area contributed by atoms with E-state index in [0.29, 0.717) is 17.2 Å². The molecule has 98 valence electrons. The molecule has 1 saturated carbocycles. The Labute approximate surface area is 116 Å². The van der Waals surface area contributed by atoms with Crippen LogP contribution >= 0.6 is 15.9 Å². The molecule has 1 aliphatic rings. The van der Waals surface area contributed by atoms with Crippen molar-refractivity contribution in [1.82, 2.24) is 4.90 Å². The summed E-state index contributed by atoms with van der Waals surface area (Å²) in [6, 6.07) is 5.38. The fourth-order valence-corrected chi connectivity index (χ4v) is 2.56. The molecule has 0 spiro atoms. The van der Waals surface area contributed by atoms with Gasteiger partial charge in [-0.05, 0) is 59.8 Å². The van der Waals surface area contributed by atoms with Crippen LogP contribution in [0.5, 0.6) is 0 Å². The van der Waals surface area contributed by atoms with Gasteiger partial charge in [0.25, 0.3) is 5.91 Å². The highest BCUT2D eigenvalue weighted by molar-refractivity contribution is 9.10. The maximum atomic E-state index is 12.4. The van der Waals surface area contributed by atoms with Gasteiger partial charge in [0, 0.05) is 28.8 Å². The molecular weight excluding hydrogens is 292 g/mol. The summed E-state index contributed by atoms with van der Waals surface area (Å²) in [5.41, 5.74) is 7.10. The third-order valence-electron chi connectivity index (χ3n) is 3.62. The quantitative estimate of drug-likeness (QED) is 0.867. The number of nitrogen functional groups attached to an aromatic ring is 1. The first-order chi connectivity index (χ1) is 8.61. The van der Waals surface area contributed by atoms with Crippen LogP contribution in [0.3, 0.4) is 0 Å². The van der Waals surface area contributed by atoms with Crippen molar-refractivity contribution < 1.29 is 4.79 Å². The van der Waals surface area contributed by atoms with Gasteiger partial charge in [-0.25, -0.2) is 0 Å². The zero-order valence-corrected chi connectivity index (χ0v) is 12.2. The number of rotatable bonds is 4. The van der Waals surface area contributed by atoms with Gasteiger partial charge in [0.2, 0.25) is 0 Å². The minimum absolute atomic E-state index is 0.102. The monoisotopic (exact) mass is 310 g/mol. The summed E-state index contributed by atoms with van der Waals surface area (Å²) in [7, 11) is 0. The number of hydrogen-bond acceptors (Lipinski definition) is 2. The molecular formula is C14H19BrN2O. The Morgan fingerprint density at radius 3 is 2.72 bits per heavy atom. The van der Waals surface area contributed by atoms with Gasteiger partial charge in [0.05, 0.1) is 0 Å². The third kappa shape index (κ3) is 2.86. The predicted octanol–water partition coefficient (Wildman–Crippen LogP) is 3.29. The Morgan fingerprint density at radius 1 is 1.50 bits per heavy atom. The lowest BCUT2D eigenvalue weighted by atomic mass is 9.85. The summed E-state index contributed by atoms with van der Waals surface area (Å²) >= 11 is 3.37. The molecule has 0 bridgehead atoms. The molecule has 3 nitrogen and oxygen atoms in total. The zero-order chi connectivity index (χ0) is 13.1. The summed E-state index contributed by atoms with van der Waals surface area (Å²) in [6.45, 7) is 3.68. The topological polar surface area (TPSA) is 46.3 Å². The van der Waals surface area contributed by atoms with Crippen molar-refractivity contribution in [3.05, 3.63) is 28.2 Å². The predicted molar refractivity (Wildman–Crippen MR) is 77.5 cm³/mol. The number of nitrogens with two attached hydrogens (primary N) is 1. The SMILES string of the molecule is CCN(CC1CCC1)C(=O)c1ccc(N)c(Br)c1. The molecule has 18 heavy (non-hydrogen) atoms. The lowest BCUT2D eigenvalue weighted by molar-refractivity contribution is 0.0706. The molecule has 2 N–H and O–H groups in total. The van der Waals surface area contributed by atoms with Crippen molar-refractivity contribution in [3.63, 3.8) is 0 Å². The maximum Gasteiger partial charge on any atom is 0.253 e. The third-order valence-corrected chi connectivity index (χ3v) is 4.31. The average Bonchev–Trinajstić information content (AvgIpc) is 2.31. The van der Waals surface area contributed by atoms with Crippen LogP contribution in [0.25, 0.3) is 0 Å². The zero-order valence-electron chi connectivity index (χ0n) is 10.7. The number of amides is 1. The molecule has 0 aromatic heterocycles. The van der Waals surface area contributed by atoms with E-state index in [4.69, 9.17) is 5.73 Å². The van der Waals surface area contributed by atoms with Crippen molar-refractivity contribution in [2.75, 3.05) is 18.8 Å². The standard InChI is InChI=1S/C14H19BrN2O/c1-2-17(9-10-4-3-5-10)14(18)11-6-7-13(16)12(15)8-11/h6-8,10H,2-5,9,16H2,1H3. The minimum Gasteiger partial charge on any atom is -0.398 e. The number of halogens is 1. The molecule has 1 aromatic carbocycles. The van der Waals surface area contributed by atoms with Crippen LogP contribution in [0.15, 0.2) is 22.7 Å². The van der Waals surface area contributed by atoms with E-state index in [-0.39, 0.29) is 5.91 Å². The maximum absolute atomic E-state index is 12.4. The molecule has 1 aliphatic carbocycles. The number of nitrogens with zero attached hydrogens (tertiary/aromatic N) is 1. The molecule has 4 heteroatoms. The van der Waals surface area contributed by atoms with E-state index in [9.17, 15) is 4.79 Å². The largest absolute Gasteiger partial charge is 0.398 e. The number of carbonyl (C=O) groups excluding carboxylic acids is 1. The van der Waals surface area contributed by atoms with Crippen molar-refractivity contribution >= 4 is 27.5 Å². The van der Waals surface area contributed by atoms with Gasteiger partial charge in [0.1, 0.15) is 0 Å². The Balaban J connectivity index is 2.09. The van der Waals surface area contributed by atoms with Crippen LogP contribution in [-0.4, -0.2) is 23.9 Å². The van der Waals surface area contributed by atoms with Gasteiger partial charge in [0.15, 0.2) is 0 Å². The van der Waals surface area contributed by atoms with Gasteiger partial charge < -0.3 is 10.6 Å². The van der Waals surface area contributed by atoms with E-state index in [1.807, 2.05) is 11.8 Å². The van der Waals surface area contributed by atoms with E-state index in [1.54, 1.807) is 18.2 Å². The highest BCUT2D eigenvalue weighted by Gasteiger charge is 2.23. The van der Waals surface area contributed by atoms with E-state index < -0.39 is 0 Å². The van der Waals surface area contributed by atoms with Crippen LogP contribution in [0.1, 0.15) is 36.5 Å². The fourth-order valence-electron chi connectivity index (χ4n) is 2.19. The van der Waals surface area contributed by atoms with Gasteiger partial charge in [-0.15, -0.1) is 0 Å². The van der Waals surface area contributed by atoms with Crippen LogP contribution in [0.4, 0.5) is 5.69 Å². The lowest BCUT2D eigenvalue weighted by Crippen LogP contribution is -2.37. The second-order valence-electron chi connectivity index (χ2n) is 4.88. The van der Waals surface area contributed by atoms with Gasteiger partial charge in [-0.3, -0.25) is 4.79 Å². The van der Waals surface area contributed by atoms with Gasteiger partial charge in [-0.1, -0.05) is 6.42 Å². The van der Waals surface area contributed by atoms with Crippen LogP contribution in [0.2, 0.25) is 0 Å². The Bertz CT molecular complexity index is 443. The van der Waals surface area contributed by atoms with Crippen LogP contribution in [-0.2, 0) is 0 Å². The van der Waals surface area contributed by atoms with Gasteiger partial charge >= 0.3 is 0 Å². The molecule has 0 atom stereocenters. The summed E-state index contributed by atoms with van der Waals surface area (Å²) in [5, 5.41) is 0. The number of anilines is 1. The molecule has 2 rings (SSSR count). The molecule has 1 aromatic rings. The molecule has 0 heterocycles. The Kier molecular flexibility index (Phi) is 4.27. The lowest BCUT2D eigenvalue weighted by Gasteiger charge is -2.31. The first-order valence-corrected chi connectivity index (χ1v) is 7.25. The molecule has 1 fully saturated rings. The van der Waals surface area contributed by atoms with Crippen molar-refractivity contribution in [1.29, 1.82) is 0 Å². The second kappa shape index (κ2) is 5.74. The fraction of sp³-hybridized carbons (Fsp3) is 0.500. The molecule has 0 unspecified atom stereocenters. The summed E-state index contributed by atoms with van der Waals surface area (Å²) in [4.78, 5) is 14.3. The summed E-state index contributed by atoms with van der Waals surface area (Å²) < 4.78 is 0.785. The average molecular weight is 311 g/mol. The van der Waals surface area contributed by atoms with Crippen LogP contribution in [0, 0.1) is 5.92 Å². The number of benzene rings is 1. The van der Waals surface area contributed by atoms with Gasteiger partial charge in [-0.2, -0.15) is 0 Å².